The highest BCUT2D eigenvalue weighted by molar-refractivity contribution is 7.45. The Balaban J connectivity index is 0. The first kappa shape index (κ1) is 25.8. The molecule has 7 heteroatoms. The molecule has 0 heterocycles. The van der Waals surface area contributed by atoms with Crippen LogP contribution < -0.4 is 0 Å². The summed E-state index contributed by atoms with van der Waals surface area (Å²) < 4.78 is 8.88. The monoisotopic (exact) mass is 368 g/mol. The van der Waals surface area contributed by atoms with E-state index in [-0.39, 0.29) is 0 Å². The van der Waals surface area contributed by atoms with Gasteiger partial charge in [-0.3, -0.25) is 4.79 Å². The maximum Gasteiger partial charge on any atom is 0.466 e. The zero-order chi connectivity index (χ0) is 18.7. The molecule has 0 aromatic heterocycles. The fourth-order valence-corrected chi connectivity index (χ4v) is 2.47. The van der Waals surface area contributed by atoms with Gasteiger partial charge in [0.2, 0.25) is 0 Å². The molecule has 24 heavy (non-hydrogen) atoms. The van der Waals surface area contributed by atoms with Crippen LogP contribution in [0.2, 0.25) is 0 Å². The molecular formula is C17H37O6P. The molecule has 6 nitrogen and oxygen atoms in total. The van der Waals surface area contributed by atoms with E-state index in [1.165, 1.54) is 77.0 Å². The van der Waals surface area contributed by atoms with Gasteiger partial charge in [0.1, 0.15) is 0 Å². The van der Waals surface area contributed by atoms with E-state index in [1.54, 1.807) is 0 Å². The summed E-state index contributed by atoms with van der Waals surface area (Å²) in [5, 5.41) is 8.50. The van der Waals surface area contributed by atoms with Gasteiger partial charge >= 0.3 is 13.8 Å². The van der Waals surface area contributed by atoms with Crippen molar-refractivity contribution in [3.05, 3.63) is 0 Å². The molecule has 0 unspecified atom stereocenters. The van der Waals surface area contributed by atoms with Gasteiger partial charge in [0, 0.05) is 6.42 Å². The zero-order valence-electron chi connectivity index (χ0n) is 15.2. The Kier molecular flexibility index (Phi) is 20.3. The minimum atomic E-state index is -4.64. The van der Waals surface area contributed by atoms with Gasteiger partial charge in [-0.25, -0.2) is 4.57 Å². The minimum absolute atomic E-state index is 0.345. The molecule has 0 radical (unpaired) electrons. The molecule has 0 fully saturated rings. The summed E-state index contributed by atoms with van der Waals surface area (Å²) in [7, 11) is -4.64. The predicted octanol–water partition coefficient (Wildman–Crippen LogP) is 5.01. The Bertz CT molecular complexity index is 308. The zero-order valence-corrected chi connectivity index (χ0v) is 16.1. The van der Waals surface area contributed by atoms with E-state index in [9.17, 15) is 4.79 Å². The largest absolute Gasteiger partial charge is 0.481 e. The van der Waals surface area contributed by atoms with Gasteiger partial charge in [0.05, 0.1) is 0 Å². The highest BCUT2D eigenvalue weighted by Gasteiger charge is 2.00. The number of carboxylic acid groups (broad SMARTS) is 1. The quantitative estimate of drug-likeness (QED) is 0.238. The van der Waals surface area contributed by atoms with Gasteiger partial charge in [-0.1, -0.05) is 90.4 Å². The third-order valence-corrected chi connectivity index (χ3v) is 3.74. The molecule has 0 aliphatic heterocycles. The molecule has 0 amide bonds. The Labute approximate surface area is 146 Å². The van der Waals surface area contributed by atoms with Crippen LogP contribution in [-0.4, -0.2) is 25.8 Å². The first-order valence-corrected chi connectivity index (χ1v) is 10.8. The van der Waals surface area contributed by atoms with Crippen molar-refractivity contribution in [3.63, 3.8) is 0 Å². The Morgan fingerprint density at radius 1 is 0.667 bits per heavy atom. The molecule has 0 rings (SSSR count). The Hall–Kier alpha value is -0.420. The van der Waals surface area contributed by atoms with Gasteiger partial charge in [-0.2, -0.15) is 0 Å². The molecule has 0 aromatic rings. The van der Waals surface area contributed by atoms with Gasteiger partial charge < -0.3 is 19.8 Å². The number of hydrogen-bond donors (Lipinski definition) is 4. The van der Waals surface area contributed by atoms with E-state index in [0.717, 1.165) is 12.8 Å². The summed E-state index contributed by atoms with van der Waals surface area (Å²) in [5.74, 6) is -0.654. The van der Waals surface area contributed by atoms with Crippen molar-refractivity contribution < 1.29 is 29.1 Å². The highest BCUT2D eigenvalue weighted by Crippen LogP contribution is 2.25. The van der Waals surface area contributed by atoms with Crippen LogP contribution in [0.4, 0.5) is 0 Å². The summed E-state index contributed by atoms with van der Waals surface area (Å²) in [5.41, 5.74) is 0. The lowest BCUT2D eigenvalue weighted by Crippen LogP contribution is -1.93. The summed E-state index contributed by atoms with van der Waals surface area (Å²) in [6.45, 7) is 2.27. The smallest absolute Gasteiger partial charge is 0.466 e. The number of hydrogen-bond acceptors (Lipinski definition) is 2. The van der Waals surface area contributed by atoms with Crippen molar-refractivity contribution in [2.75, 3.05) is 0 Å². The van der Waals surface area contributed by atoms with E-state index >= 15 is 0 Å². The average molecular weight is 368 g/mol. The van der Waals surface area contributed by atoms with Crippen molar-refractivity contribution in [2.45, 2.75) is 103 Å². The van der Waals surface area contributed by atoms with Crippen molar-refractivity contribution in [1.82, 2.24) is 0 Å². The Morgan fingerprint density at radius 2 is 0.917 bits per heavy atom. The van der Waals surface area contributed by atoms with Crippen LogP contribution in [0.25, 0.3) is 0 Å². The first-order chi connectivity index (χ1) is 11.3. The van der Waals surface area contributed by atoms with Gasteiger partial charge in [-0.15, -0.1) is 0 Å². The van der Waals surface area contributed by atoms with Crippen molar-refractivity contribution in [1.29, 1.82) is 0 Å². The molecule has 0 saturated heterocycles. The highest BCUT2D eigenvalue weighted by atomic mass is 31.2. The molecule has 146 valence electrons. The molecule has 0 bridgehead atoms. The summed E-state index contributed by atoms with van der Waals surface area (Å²) >= 11 is 0. The molecule has 0 aliphatic carbocycles. The standard InChI is InChI=1S/C17H34O2.H3O4P/c1-2-3-4-5-6-7-8-9-10-11-12-13-14-15-16-17(18)19;1-5(2,3)4/h2-16H2,1H3,(H,18,19);(H3,1,2,3,4). The molecule has 0 atom stereocenters. The molecule has 0 saturated carbocycles. The van der Waals surface area contributed by atoms with E-state index in [0.29, 0.717) is 6.42 Å². The van der Waals surface area contributed by atoms with E-state index < -0.39 is 13.8 Å². The van der Waals surface area contributed by atoms with Gasteiger partial charge in [0.25, 0.3) is 0 Å². The third kappa shape index (κ3) is 37.7. The summed E-state index contributed by atoms with van der Waals surface area (Å²) in [6, 6.07) is 0. The lowest BCUT2D eigenvalue weighted by atomic mass is 10.0. The lowest BCUT2D eigenvalue weighted by Gasteiger charge is -2.02. The van der Waals surface area contributed by atoms with Crippen LogP contribution in [0.5, 0.6) is 0 Å². The minimum Gasteiger partial charge on any atom is -0.481 e. The maximum atomic E-state index is 10.3. The van der Waals surface area contributed by atoms with E-state index in [4.69, 9.17) is 24.4 Å². The first-order valence-electron chi connectivity index (χ1n) is 9.27. The second kappa shape index (κ2) is 18.9. The molecule has 4 N–H and O–H groups in total. The maximum absolute atomic E-state index is 10.3. The topological polar surface area (TPSA) is 115 Å². The normalized spacial score (nSPS) is 11.0. The summed E-state index contributed by atoms with van der Waals surface area (Å²) in [6.07, 6.45) is 18.7. The van der Waals surface area contributed by atoms with Crippen molar-refractivity contribution in [2.24, 2.45) is 0 Å². The van der Waals surface area contributed by atoms with Crippen LogP contribution in [0.3, 0.4) is 0 Å². The SMILES string of the molecule is CCCCCCCCCCCCCCCCC(=O)O.O=P(O)(O)O. The molecule has 0 aliphatic rings. The fourth-order valence-electron chi connectivity index (χ4n) is 2.47. The van der Waals surface area contributed by atoms with Gasteiger partial charge in [-0.05, 0) is 6.42 Å². The fraction of sp³-hybridized carbons (Fsp3) is 0.941. The average Bonchev–Trinajstić information content (AvgIpc) is 2.45. The number of rotatable bonds is 15. The summed E-state index contributed by atoms with van der Waals surface area (Å²) in [4.78, 5) is 31.9. The number of carbonyl (C=O) groups is 1. The molecular weight excluding hydrogens is 331 g/mol. The van der Waals surface area contributed by atoms with E-state index in [2.05, 4.69) is 6.92 Å². The third-order valence-electron chi connectivity index (χ3n) is 3.74. The van der Waals surface area contributed by atoms with Crippen LogP contribution in [-0.2, 0) is 9.36 Å². The number of carboxylic acids is 1. The van der Waals surface area contributed by atoms with Crippen LogP contribution in [0.15, 0.2) is 0 Å². The lowest BCUT2D eigenvalue weighted by molar-refractivity contribution is -0.137. The molecule has 0 aromatic carbocycles. The van der Waals surface area contributed by atoms with Crippen molar-refractivity contribution >= 4 is 13.8 Å². The molecule has 0 spiro atoms. The van der Waals surface area contributed by atoms with Gasteiger partial charge in [0.15, 0.2) is 0 Å². The van der Waals surface area contributed by atoms with Crippen molar-refractivity contribution in [3.8, 4) is 0 Å². The predicted molar refractivity (Wildman–Crippen MR) is 96.8 cm³/mol. The van der Waals surface area contributed by atoms with Crippen LogP contribution in [0, 0.1) is 0 Å². The second-order valence-corrected chi connectivity index (χ2v) is 7.28. The van der Waals surface area contributed by atoms with Crippen LogP contribution >= 0.6 is 7.82 Å². The number of unbranched alkanes of at least 4 members (excludes halogenated alkanes) is 13. The second-order valence-electron chi connectivity index (χ2n) is 6.25. The Morgan fingerprint density at radius 3 is 1.17 bits per heavy atom. The van der Waals surface area contributed by atoms with E-state index in [1.807, 2.05) is 0 Å². The number of aliphatic carboxylic acids is 1. The van der Waals surface area contributed by atoms with Crippen LogP contribution in [0.1, 0.15) is 103 Å². The number of phosphoric acid groups is 1.